The molecule has 2 aromatic heterocycles. The Balaban J connectivity index is 1.55. The highest BCUT2D eigenvalue weighted by atomic mass is 35.5. The minimum Gasteiger partial charge on any atom is -0.384 e. The van der Waals surface area contributed by atoms with E-state index in [1.165, 1.54) is 0 Å². The minimum atomic E-state index is -0.284. The maximum absolute atomic E-state index is 13.2. The normalized spacial score (nSPS) is 16.2. The van der Waals surface area contributed by atoms with Gasteiger partial charge in [-0.25, -0.2) is 9.97 Å². The lowest BCUT2D eigenvalue weighted by Crippen LogP contribution is -2.24. The number of carbonyl (C=O) groups excluding carboxylic acids is 1. The summed E-state index contributed by atoms with van der Waals surface area (Å²) in [6, 6.07) is 14.9. The third-order valence-corrected chi connectivity index (χ3v) is 5.85. The van der Waals surface area contributed by atoms with Crippen LogP contribution in [0.2, 0.25) is 5.02 Å². The molecule has 1 atom stereocenters. The van der Waals surface area contributed by atoms with Crippen molar-refractivity contribution in [2.24, 2.45) is 0 Å². The summed E-state index contributed by atoms with van der Waals surface area (Å²) in [5, 5.41) is 3.60. The van der Waals surface area contributed by atoms with Crippen molar-refractivity contribution in [2.45, 2.75) is 32.0 Å². The van der Waals surface area contributed by atoms with Crippen molar-refractivity contribution in [3.05, 3.63) is 64.7 Å². The molecule has 1 aliphatic heterocycles. The fraction of sp³-hybridized carbons (Fsp3) is 0.261. The van der Waals surface area contributed by atoms with Gasteiger partial charge in [0.25, 0.3) is 5.91 Å². The number of fused-ring (bicyclic) bond motifs is 2. The maximum Gasteiger partial charge on any atom is 0.257 e. The molecule has 1 unspecified atom stereocenters. The molecule has 4 aromatic rings. The minimum absolute atomic E-state index is 0.0520. The van der Waals surface area contributed by atoms with Crippen molar-refractivity contribution < 1.29 is 9.53 Å². The molecular weight excluding hydrogens is 414 g/mol. The number of hydrogen-bond acceptors (Lipinski definition) is 5. The molecule has 1 saturated heterocycles. The molecule has 8 heteroatoms. The molecule has 0 aliphatic carbocycles. The summed E-state index contributed by atoms with van der Waals surface area (Å²) in [6.45, 7) is 1.64. The topological polar surface area (TPSA) is 95.1 Å². The molecule has 0 spiro atoms. The van der Waals surface area contributed by atoms with Crippen LogP contribution in [0.4, 0.5) is 5.82 Å². The lowest BCUT2D eigenvalue weighted by Gasteiger charge is -2.13. The SMILES string of the molecule is Nc1c(C(=O)NCc2ccc(Cl)cc2)c2nc3ccccc3nc2n1CC1CCCO1. The second-order valence-corrected chi connectivity index (χ2v) is 8.14. The van der Waals surface area contributed by atoms with Crippen molar-refractivity contribution in [1.29, 1.82) is 0 Å². The fourth-order valence-electron chi connectivity index (χ4n) is 3.99. The number of para-hydroxylation sites is 2. The summed E-state index contributed by atoms with van der Waals surface area (Å²) in [5.74, 6) is 0.0718. The van der Waals surface area contributed by atoms with Gasteiger partial charge >= 0.3 is 0 Å². The summed E-state index contributed by atoms with van der Waals surface area (Å²) in [7, 11) is 0. The molecule has 31 heavy (non-hydrogen) atoms. The number of nitrogens with zero attached hydrogens (tertiary/aromatic N) is 3. The largest absolute Gasteiger partial charge is 0.384 e. The Hall–Kier alpha value is -3.16. The second-order valence-electron chi connectivity index (χ2n) is 7.70. The number of hydrogen-bond donors (Lipinski definition) is 2. The van der Waals surface area contributed by atoms with Gasteiger partial charge in [0.15, 0.2) is 5.65 Å². The number of nitrogens with one attached hydrogen (secondary N) is 1. The smallest absolute Gasteiger partial charge is 0.257 e. The first-order chi connectivity index (χ1) is 15.1. The van der Waals surface area contributed by atoms with Gasteiger partial charge in [-0.15, -0.1) is 0 Å². The molecule has 0 radical (unpaired) electrons. The van der Waals surface area contributed by atoms with E-state index in [2.05, 4.69) is 5.32 Å². The molecule has 2 aromatic carbocycles. The zero-order valence-electron chi connectivity index (χ0n) is 16.8. The molecule has 3 heterocycles. The molecule has 0 saturated carbocycles. The van der Waals surface area contributed by atoms with Crippen LogP contribution < -0.4 is 11.1 Å². The highest BCUT2D eigenvalue weighted by molar-refractivity contribution is 6.30. The zero-order chi connectivity index (χ0) is 21.4. The number of rotatable bonds is 5. The van der Waals surface area contributed by atoms with Crippen LogP contribution in [0.25, 0.3) is 22.2 Å². The van der Waals surface area contributed by atoms with Crippen molar-refractivity contribution >= 4 is 45.5 Å². The highest BCUT2D eigenvalue weighted by Crippen LogP contribution is 2.29. The average molecular weight is 436 g/mol. The second kappa shape index (κ2) is 8.17. The van der Waals surface area contributed by atoms with E-state index in [0.717, 1.165) is 36.0 Å². The molecule has 1 aliphatic rings. The predicted molar refractivity (Wildman–Crippen MR) is 121 cm³/mol. The van der Waals surface area contributed by atoms with Gasteiger partial charge in [-0.05, 0) is 42.7 Å². The number of ether oxygens (including phenoxy) is 1. The molecule has 0 bridgehead atoms. The zero-order valence-corrected chi connectivity index (χ0v) is 17.6. The van der Waals surface area contributed by atoms with Crippen LogP contribution in [0.15, 0.2) is 48.5 Å². The lowest BCUT2D eigenvalue weighted by atomic mass is 10.2. The van der Waals surface area contributed by atoms with E-state index in [1.54, 1.807) is 12.1 Å². The summed E-state index contributed by atoms with van der Waals surface area (Å²) < 4.78 is 7.66. The fourth-order valence-corrected chi connectivity index (χ4v) is 4.12. The monoisotopic (exact) mass is 435 g/mol. The van der Waals surface area contributed by atoms with Crippen LogP contribution >= 0.6 is 11.6 Å². The predicted octanol–water partition coefficient (Wildman–Crippen LogP) is 3.93. The number of amides is 1. The number of aromatic nitrogens is 3. The van der Waals surface area contributed by atoms with E-state index < -0.39 is 0 Å². The first-order valence-electron chi connectivity index (χ1n) is 10.3. The highest BCUT2D eigenvalue weighted by Gasteiger charge is 2.26. The number of halogens is 1. The maximum atomic E-state index is 13.2. The number of benzene rings is 2. The van der Waals surface area contributed by atoms with E-state index in [9.17, 15) is 4.79 Å². The standard InChI is InChI=1S/C23H22ClN5O2/c24-15-9-7-14(8-10-15)12-26-23(30)19-20-22(28-18-6-2-1-5-17(18)27-20)29(21(19)25)13-16-4-3-11-31-16/h1-2,5-10,16H,3-4,11-13,25H2,(H,26,30). The molecular formula is C23H22ClN5O2. The Morgan fingerprint density at radius 2 is 1.90 bits per heavy atom. The van der Waals surface area contributed by atoms with E-state index >= 15 is 0 Å². The third kappa shape index (κ3) is 3.82. The summed E-state index contributed by atoms with van der Waals surface area (Å²) in [6.07, 6.45) is 2.03. The van der Waals surface area contributed by atoms with Crippen molar-refractivity contribution in [3.63, 3.8) is 0 Å². The molecule has 7 nitrogen and oxygen atoms in total. The summed E-state index contributed by atoms with van der Waals surface area (Å²) in [5.41, 5.74) is 10.4. The molecule has 5 rings (SSSR count). The van der Waals surface area contributed by atoms with Crippen LogP contribution in [-0.2, 0) is 17.8 Å². The third-order valence-electron chi connectivity index (χ3n) is 5.60. The molecule has 3 N–H and O–H groups in total. The molecule has 1 fully saturated rings. The summed E-state index contributed by atoms with van der Waals surface area (Å²) >= 11 is 5.94. The van der Waals surface area contributed by atoms with E-state index in [1.807, 2.05) is 41.0 Å². The Bertz CT molecular complexity index is 1260. The average Bonchev–Trinajstić information content (AvgIpc) is 3.38. The van der Waals surface area contributed by atoms with Crippen molar-refractivity contribution in [3.8, 4) is 0 Å². The van der Waals surface area contributed by atoms with Gasteiger partial charge in [0, 0.05) is 18.2 Å². The van der Waals surface area contributed by atoms with Gasteiger partial charge in [-0.3, -0.25) is 4.79 Å². The molecule has 158 valence electrons. The van der Waals surface area contributed by atoms with Crippen LogP contribution in [-0.4, -0.2) is 33.2 Å². The Labute approximate surface area is 184 Å². The van der Waals surface area contributed by atoms with Crippen LogP contribution in [0.1, 0.15) is 28.8 Å². The van der Waals surface area contributed by atoms with Gasteiger partial charge in [0.2, 0.25) is 0 Å². The number of nitrogen functional groups attached to an aromatic ring is 1. The Morgan fingerprint density at radius 1 is 1.16 bits per heavy atom. The lowest BCUT2D eigenvalue weighted by molar-refractivity contribution is 0.0947. The number of anilines is 1. The van der Waals surface area contributed by atoms with Gasteiger partial charge in [0.05, 0.1) is 23.7 Å². The van der Waals surface area contributed by atoms with E-state index in [0.29, 0.717) is 40.7 Å². The van der Waals surface area contributed by atoms with Crippen molar-refractivity contribution in [2.75, 3.05) is 12.3 Å². The Kier molecular flexibility index (Phi) is 5.21. The van der Waals surface area contributed by atoms with Gasteiger partial charge in [-0.2, -0.15) is 0 Å². The van der Waals surface area contributed by atoms with Crippen LogP contribution in [0.3, 0.4) is 0 Å². The van der Waals surface area contributed by atoms with E-state index in [4.69, 9.17) is 32.0 Å². The quantitative estimate of drug-likeness (QED) is 0.495. The number of carbonyl (C=O) groups is 1. The van der Waals surface area contributed by atoms with E-state index in [-0.39, 0.29) is 12.0 Å². The van der Waals surface area contributed by atoms with Gasteiger partial charge in [0.1, 0.15) is 16.9 Å². The summed E-state index contributed by atoms with van der Waals surface area (Å²) in [4.78, 5) is 22.7. The molecule has 1 amide bonds. The first kappa shape index (κ1) is 19.8. The van der Waals surface area contributed by atoms with Gasteiger partial charge in [-0.1, -0.05) is 35.9 Å². The first-order valence-corrected chi connectivity index (χ1v) is 10.7. The van der Waals surface area contributed by atoms with Crippen LogP contribution in [0, 0.1) is 0 Å². The van der Waals surface area contributed by atoms with Crippen LogP contribution in [0.5, 0.6) is 0 Å². The number of nitrogens with two attached hydrogens (primary N) is 1. The van der Waals surface area contributed by atoms with Crippen molar-refractivity contribution in [1.82, 2.24) is 19.9 Å². The van der Waals surface area contributed by atoms with Gasteiger partial charge < -0.3 is 20.4 Å². The Morgan fingerprint density at radius 3 is 2.61 bits per heavy atom.